The van der Waals surface area contributed by atoms with Gasteiger partial charge in [0.25, 0.3) is 11.6 Å². The third-order valence-corrected chi connectivity index (χ3v) is 5.64. The van der Waals surface area contributed by atoms with Gasteiger partial charge in [-0.2, -0.15) is 0 Å². The number of benzene rings is 1. The summed E-state index contributed by atoms with van der Waals surface area (Å²) in [5, 5.41) is 14.1. The minimum atomic E-state index is -0.507. The topological polar surface area (TPSA) is 109 Å². The summed E-state index contributed by atoms with van der Waals surface area (Å²) in [5.74, 6) is 0.314. The maximum Gasteiger partial charge on any atom is 0.287 e. The summed E-state index contributed by atoms with van der Waals surface area (Å²) in [7, 11) is 0. The molecule has 9 nitrogen and oxygen atoms in total. The Morgan fingerprint density at radius 3 is 2.40 bits per heavy atom. The molecule has 30 heavy (non-hydrogen) atoms. The Balaban J connectivity index is 1.34. The van der Waals surface area contributed by atoms with E-state index >= 15 is 0 Å². The molecular formula is C21H23N5O4. The number of piperidine rings is 1. The lowest BCUT2D eigenvalue weighted by Crippen LogP contribution is -2.49. The molecule has 0 saturated carbocycles. The molecule has 1 atom stereocenters. The first kappa shape index (κ1) is 20.0. The number of hydrogen-bond acceptors (Lipinski definition) is 7. The lowest BCUT2D eigenvalue weighted by molar-refractivity contribution is -0.385. The van der Waals surface area contributed by atoms with Gasteiger partial charge in [-0.15, -0.1) is 0 Å². The highest BCUT2D eigenvalue weighted by molar-refractivity contribution is 6.22. The van der Waals surface area contributed by atoms with Gasteiger partial charge in [0.15, 0.2) is 0 Å². The quantitative estimate of drug-likeness (QED) is 0.458. The molecule has 1 aromatic heterocycles. The number of imide groups is 1. The molecule has 1 N–H and O–H groups in total. The molecule has 2 aliphatic rings. The van der Waals surface area contributed by atoms with E-state index in [4.69, 9.17) is 0 Å². The first-order valence-corrected chi connectivity index (χ1v) is 9.97. The molecule has 2 aromatic rings. The SMILES string of the molecule is Cc1ccc(N2C(=O)CC(NC3CCN(c4ccc([N+](=O)[O-])cn4)CC3)C2=O)cc1. The van der Waals surface area contributed by atoms with Gasteiger partial charge in [-0.1, -0.05) is 17.7 Å². The molecule has 2 saturated heterocycles. The smallest absolute Gasteiger partial charge is 0.287 e. The van der Waals surface area contributed by atoms with Crippen LogP contribution in [0.15, 0.2) is 42.6 Å². The summed E-state index contributed by atoms with van der Waals surface area (Å²) in [5.41, 5.74) is 1.65. The second kappa shape index (κ2) is 8.19. The molecule has 0 bridgehead atoms. The molecular weight excluding hydrogens is 386 g/mol. The molecule has 0 spiro atoms. The van der Waals surface area contributed by atoms with Crippen molar-refractivity contribution >= 4 is 29.0 Å². The van der Waals surface area contributed by atoms with Crippen LogP contribution in [-0.4, -0.2) is 46.9 Å². The fourth-order valence-corrected chi connectivity index (χ4v) is 3.96. The Kier molecular flexibility index (Phi) is 5.45. The summed E-state index contributed by atoms with van der Waals surface area (Å²) < 4.78 is 0. The van der Waals surface area contributed by atoms with Crippen LogP contribution in [0.5, 0.6) is 0 Å². The highest BCUT2D eigenvalue weighted by Gasteiger charge is 2.40. The Morgan fingerprint density at radius 2 is 1.80 bits per heavy atom. The lowest BCUT2D eigenvalue weighted by atomic mass is 10.0. The van der Waals surface area contributed by atoms with Crippen LogP contribution >= 0.6 is 0 Å². The zero-order valence-electron chi connectivity index (χ0n) is 16.7. The second-order valence-electron chi connectivity index (χ2n) is 7.72. The average Bonchev–Trinajstić information content (AvgIpc) is 3.02. The number of pyridine rings is 1. The zero-order chi connectivity index (χ0) is 21.3. The van der Waals surface area contributed by atoms with Gasteiger partial charge in [0, 0.05) is 25.2 Å². The van der Waals surface area contributed by atoms with E-state index in [1.807, 2.05) is 19.1 Å². The standard InChI is InChI=1S/C21H23N5O4/c1-14-2-4-16(5-3-14)25-20(27)12-18(21(25)28)23-15-8-10-24(11-9-15)19-7-6-17(13-22-19)26(29)30/h2-7,13,15,18,23H,8-12H2,1H3. The number of amides is 2. The van der Waals surface area contributed by atoms with Gasteiger partial charge in [-0.3, -0.25) is 19.7 Å². The molecule has 1 unspecified atom stereocenters. The van der Waals surface area contributed by atoms with Gasteiger partial charge in [0.1, 0.15) is 12.0 Å². The van der Waals surface area contributed by atoms with Gasteiger partial charge in [0.05, 0.1) is 23.1 Å². The van der Waals surface area contributed by atoms with E-state index in [1.165, 1.54) is 17.2 Å². The second-order valence-corrected chi connectivity index (χ2v) is 7.72. The maximum absolute atomic E-state index is 12.8. The van der Waals surface area contributed by atoms with Gasteiger partial charge in [-0.25, -0.2) is 9.88 Å². The first-order chi connectivity index (χ1) is 14.4. The normalized spacial score (nSPS) is 20.1. The van der Waals surface area contributed by atoms with Gasteiger partial charge in [-0.05, 0) is 38.0 Å². The van der Waals surface area contributed by atoms with E-state index in [9.17, 15) is 19.7 Å². The molecule has 2 fully saturated rings. The third-order valence-electron chi connectivity index (χ3n) is 5.64. The molecule has 2 aliphatic heterocycles. The van der Waals surface area contributed by atoms with Crippen LogP contribution in [0, 0.1) is 17.0 Å². The fraction of sp³-hybridized carbons (Fsp3) is 0.381. The number of carbonyl (C=O) groups is 2. The van der Waals surface area contributed by atoms with Crippen molar-refractivity contribution in [3.63, 3.8) is 0 Å². The molecule has 0 radical (unpaired) electrons. The van der Waals surface area contributed by atoms with E-state index in [-0.39, 0.29) is 30.0 Å². The molecule has 0 aliphatic carbocycles. The number of nitrogens with zero attached hydrogens (tertiary/aromatic N) is 4. The van der Waals surface area contributed by atoms with Crippen LogP contribution in [0.1, 0.15) is 24.8 Å². The van der Waals surface area contributed by atoms with E-state index in [0.29, 0.717) is 11.5 Å². The van der Waals surface area contributed by atoms with Crippen molar-refractivity contribution in [2.45, 2.75) is 38.3 Å². The van der Waals surface area contributed by atoms with Crippen LogP contribution in [0.2, 0.25) is 0 Å². The minimum Gasteiger partial charge on any atom is -0.356 e. The van der Waals surface area contributed by atoms with Crippen LogP contribution in [-0.2, 0) is 9.59 Å². The molecule has 4 rings (SSSR count). The van der Waals surface area contributed by atoms with E-state index in [1.54, 1.807) is 18.2 Å². The molecule has 156 valence electrons. The zero-order valence-corrected chi connectivity index (χ0v) is 16.7. The van der Waals surface area contributed by atoms with Crippen molar-refractivity contribution in [1.29, 1.82) is 0 Å². The Bertz CT molecular complexity index is 952. The lowest BCUT2D eigenvalue weighted by Gasteiger charge is -2.34. The number of anilines is 2. The van der Waals surface area contributed by atoms with Crippen LogP contribution in [0.25, 0.3) is 0 Å². The van der Waals surface area contributed by atoms with Crippen LogP contribution < -0.4 is 15.1 Å². The largest absolute Gasteiger partial charge is 0.356 e. The maximum atomic E-state index is 12.8. The van der Waals surface area contributed by atoms with Crippen molar-refractivity contribution in [2.24, 2.45) is 0 Å². The first-order valence-electron chi connectivity index (χ1n) is 9.97. The summed E-state index contributed by atoms with van der Waals surface area (Å²) in [6.07, 6.45) is 3.02. The van der Waals surface area contributed by atoms with Gasteiger partial charge in [0.2, 0.25) is 5.91 Å². The number of carbonyl (C=O) groups excluding carboxylic acids is 2. The monoisotopic (exact) mass is 409 g/mol. The predicted octanol–water partition coefficient (Wildman–Crippen LogP) is 2.19. The molecule has 9 heteroatoms. The third kappa shape index (κ3) is 4.02. The average molecular weight is 409 g/mol. The van der Waals surface area contributed by atoms with Crippen molar-refractivity contribution in [2.75, 3.05) is 22.9 Å². The van der Waals surface area contributed by atoms with Crippen molar-refractivity contribution in [1.82, 2.24) is 10.3 Å². The summed E-state index contributed by atoms with van der Waals surface area (Å²) in [6.45, 7) is 3.40. The highest BCUT2D eigenvalue weighted by atomic mass is 16.6. The fourth-order valence-electron chi connectivity index (χ4n) is 3.96. The summed E-state index contributed by atoms with van der Waals surface area (Å²) >= 11 is 0. The highest BCUT2D eigenvalue weighted by Crippen LogP contribution is 2.25. The number of aryl methyl sites for hydroxylation is 1. The van der Waals surface area contributed by atoms with E-state index in [2.05, 4.69) is 15.2 Å². The van der Waals surface area contributed by atoms with Crippen LogP contribution in [0.3, 0.4) is 0 Å². The van der Waals surface area contributed by atoms with Gasteiger partial charge < -0.3 is 10.2 Å². The Morgan fingerprint density at radius 1 is 1.10 bits per heavy atom. The Labute approximate surface area is 173 Å². The van der Waals surface area contributed by atoms with E-state index < -0.39 is 11.0 Å². The minimum absolute atomic E-state index is 0.0298. The van der Waals surface area contributed by atoms with Crippen LogP contribution in [0.4, 0.5) is 17.2 Å². The van der Waals surface area contributed by atoms with Crippen molar-refractivity contribution < 1.29 is 14.5 Å². The number of rotatable bonds is 5. The number of aromatic nitrogens is 1. The molecule has 1 aromatic carbocycles. The summed E-state index contributed by atoms with van der Waals surface area (Å²) in [6, 6.07) is 10.1. The predicted molar refractivity (Wildman–Crippen MR) is 111 cm³/mol. The number of nitrogens with one attached hydrogen (secondary N) is 1. The molecule has 2 amide bonds. The van der Waals surface area contributed by atoms with E-state index in [0.717, 1.165) is 31.5 Å². The number of nitro groups is 1. The van der Waals surface area contributed by atoms with Gasteiger partial charge >= 0.3 is 0 Å². The molecule has 3 heterocycles. The summed E-state index contributed by atoms with van der Waals surface area (Å²) in [4.78, 5) is 43.1. The van der Waals surface area contributed by atoms with Crippen molar-refractivity contribution in [3.8, 4) is 0 Å². The van der Waals surface area contributed by atoms with Crippen molar-refractivity contribution in [3.05, 3.63) is 58.3 Å². The number of hydrogen-bond donors (Lipinski definition) is 1. The Hall–Kier alpha value is -3.33.